The summed E-state index contributed by atoms with van der Waals surface area (Å²) in [6.45, 7) is 1.89. The van der Waals surface area contributed by atoms with Crippen molar-refractivity contribution in [1.29, 1.82) is 0 Å². The first-order chi connectivity index (χ1) is 11.2. The average Bonchev–Trinajstić information content (AvgIpc) is 2.60. The van der Waals surface area contributed by atoms with Gasteiger partial charge in [0, 0.05) is 22.2 Å². The van der Waals surface area contributed by atoms with Gasteiger partial charge in [-0.1, -0.05) is 54.6 Å². The summed E-state index contributed by atoms with van der Waals surface area (Å²) in [5.41, 5.74) is 3.05. The lowest BCUT2D eigenvalue weighted by molar-refractivity contribution is 0.103. The van der Waals surface area contributed by atoms with E-state index < -0.39 is 0 Å². The molecule has 0 bridgehead atoms. The molecule has 110 valence electrons. The number of aryl methyl sites for hydroxylation is 1. The molecule has 0 radical (unpaired) electrons. The van der Waals surface area contributed by atoms with Gasteiger partial charge < -0.3 is 0 Å². The summed E-state index contributed by atoms with van der Waals surface area (Å²) in [6.07, 6.45) is 0. The van der Waals surface area contributed by atoms with E-state index in [-0.39, 0.29) is 5.78 Å². The fourth-order valence-electron chi connectivity index (χ4n) is 2.93. The summed E-state index contributed by atoms with van der Waals surface area (Å²) in [5.74, 6) is 0.0199. The number of hydrogen-bond donors (Lipinski definition) is 0. The molecule has 0 unspecified atom stereocenters. The van der Waals surface area contributed by atoms with Crippen molar-refractivity contribution in [2.45, 2.75) is 6.92 Å². The van der Waals surface area contributed by atoms with Crippen molar-refractivity contribution in [3.05, 3.63) is 89.6 Å². The van der Waals surface area contributed by atoms with Crippen molar-refractivity contribution in [2.24, 2.45) is 0 Å². The highest BCUT2D eigenvalue weighted by molar-refractivity contribution is 6.12. The Morgan fingerprint density at radius 3 is 2.30 bits per heavy atom. The third kappa shape index (κ3) is 2.38. The Labute approximate surface area is 134 Å². The van der Waals surface area contributed by atoms with Crippen LogP contribution in [0.25, 0.3) is 21.7 Å². The van der Waals surface area contributed by atoms with Crippen LogP contribution in [0.2, 0.25) is 0 Å². The average molecular weight is 297 g/mol. The standard InChI is InChI=1S/C21H15NO/c1-14-19(13-17-8-4-5-9-20(17)22-14)21(23)18-11-10-15-6-2-3-7-16(15)12-18/h2-13H,1H3. The number of pyridine rings is 1. The molecule has 0 saturated carbocycles. The number of carbonyl (C=O) groups excluding carboxylic acids is 1. The summed E-state index contributed by atoms with van der Waals surface area (Å²) >= 11 is 0. The van der Waals surface area contributed by atoms with Crippen molar-refractivity contribution < 1.29 is 4.79 Å². The number of rotatable bonds is 2. The van der Waals surface area contributed by atoms with Crippen LogP contribution in [0.5, 0.6) is 0 Å². The van der Waals surface area contributed by atoms with Crippen LogP contribution in [-0.2, 0) is 0 Å². The smallest absolute Gasteiger partial charge is 0.194 e. The molecule has 0 atom stereocenters. The molecule has 0 spiro atoms. The number of hydrogen-bond acceptors (Lipinski definition) is 2. The molecule has 23 heavy (non-hydrogen) atoms. The van der Waals surface area contributed by atoms with Gasteiger partial charge in [-0.05, 0) is 35.9 Å². The first kappa shape index (κ1) is 13.6. The lowest BCUT2D eigenvalue weighted by atomic mass is 9.98. The number of fused-ring (bicyclic) bond motifs is 2. The zero-order valence-electron chi connectivity index (χ0n) is 12.8. The van der Waals surface area contributed by atoms with Gasteiger partial charge in [-0.25, -0.2) is 0 Å². The highest BCUT2D eigenvalue weighted by atomic mass is 16.1. The molecule has 0 aliphatic rings. The number of aromatic nitrogens is 1. The van der Waals surface area contributed by atoms with Gasteiger partial charge in [-0.15, -0.1) is 0 Å². The zero-order valence-corrected chi connectivity index (χ0v) is 12.8. The minimum atomic E-state index is 0.0199. The molecule has 1 aromatic heterocycles. The second kappa shape index (κ2) is 5.33. The van der Waals surface area contributed by atoms with Gasteiger partial charge >= 0.3 is 0 Å². The van der Waals surface area contributed by atoms with Crippen LogP contribution in [0.1, 0.15) is 21.6 Å². The second-order valence-electron chi connectivity index (χ2n) is 5.71. The molecule has 3 aromatic carbocycles. The Kier molecular flexibility index (Phi) is 3.16. The predicted molar refractivity (Wildman–Crippen MR) is 93.9 cm³/mol. The first-order valence-corrected chi connectivity index (χ1v) is 7.62. The second-order valence-corrected chi connectivity index (χ2v) is 5.71. The quantitative estimate of drug-likeness (QED) is 0.491. The van der Waals surface area contributed by atoms with Crippen molar-refractivity contribution in [2.75, 3.05) is 0 Å². The van der Waals surface area contributed by atoms with Crippen LogP contribution in [0, 0.1) is 6.92 Å². The molecule has 2 nitrogen and oxygen atoms in total. The molecule has 4 rings (SSSR count). The fraction of sp³-hybridized carbons (Fsp3) is 0.0476. The summed E-state index contributed by atoms with van der Waals surface area (Å²) in [7, 11) is 0. The minimum absolute atomic E-state index is 0.0199. The van der Waals surface area contributed by atoms with Crippen LogP contribution in [0.15, 0.2) is 72.8 Å². The number of nitrogens with zero attached hydrogens (tertiary/aromatic N) is 1. The number of carbonyl (C=O) groups is 1. The SMILES string of the molecule is Cc1nc2ccccc2cc1C(=O)c1ccc2ccccc2c1. The molecule has 0 aliphatic carbocycles. The molecule has 0 amide bonds. The normalized spacial score (nSPS) is 11.0. The first-order valence-electron chi connectivity index (χ1n) is 7.62. The van der Waals surface area contributed by atoms with Crippen molar-refractivity contribution in [1.82, 2.24) is 4.98 Å². The van der Waals surface area contributed by atoms with E-state index >= 15 is 0 Å². The molecule has 0 N–H and O–H groups in total. The van der Waals surface area contributed by atoms with Crippen molar-refractivity contribution in [3.63, 3.8) is 0 Å². The van der Waals surface area contributed by atoms with Crippen LogP contribution in [-0.4, -0.2) is 10.8 Å². The summed E-state index contributed by atoms with van der Waals surface area (Å²) in [6, 6.07) is 23.7. The lowest BCUT2D eigenvalue weighted by Crippen LogP contribution is -2.05. The monoisotopic (exact) mass is 297 g/mol. The summed E-state index contributed by atoms with van der Waals surface area (Å²) in [4.78, 5) is 17.5. The maximum atomic E-state index is 12.9. The summed E-state index contributed by atoms with van der Waals surface area (Å²) < 4.78 is 0. The van der Waals surface area contributed by atoms with Crippen LogP contribution >= 0.6 is 0 Å². The van der Waals surface area contributed by atoms with Crippen LogP contribution in [0.3, 0.4) is 0 Å². The van der Waals surface area contributed by atoms with Gasteiger partial charge in [0.05, 0.1) is 5.52 Å². The van der Waals surface area contributed by atoms with E-state index in [1.807, 2.05) is 79.7 Å². The Bertz CT molecular complexity index is 1050. The summed E-state index contributed by atoms with van der Waals surface area (Å²) in [5, 5.41) is 3.20. The number of ketones is 1. The highest BCUT2D eigenvalue weighted by Gasteiger charge is 2.14. The van der Waals surface area contributed by atoms with Gasteiger partial charge in [0.1, 0.15) is 0 Å². The van der Waals surface area contributed by atoms with Gasteiger partial charge in [0.2, 0.25) is 0 Å². The molecular weight excluding hydrogens is 282 g/mol. The molecular formula is C21H15NO. The number of benzene rings is 3. The van der Waals surface area contributed by atoms with Gasteiger partial charge in [-0.3, -0.25) is 9.78 Å². The van der Waals surface area contributed by atoms with Gasteiger partial charge in [0.25, 0.3) is 0 Å². The van der Waals surface area contributed by atoms with Gasteiger partial charge in [-0.2, -0.15) is 0 Å². The van der Waals surface area contributed by atoms with E-state index in [1.54, 1.807) is 0 Å². The molecule has 1 heterocycles. The van der Waals surface area contributed by atoms with Crippen LogP contribution in [0.4, 0.5) is 0 Å². The third-order valence-corrected chi connectivity index (χ3v) is 4.17. The van der Waals surface area contributed by atoms with Crippen molar-refractivity contribution >= 4 is 27.5 Å². The minimum Gasteiger partial charge on any atom is -0.289 e. The molecule has 2 heteroatoms. The van der Waals surface area contributed by atoms with E-state index in [2.05, 4.69) is 4.98 Å². The molecule has 4 aromatic rings. The molecule has 0 aliphatic heterocycles. The highest BCUT2D eigenvalue weighted by Crippen LogP contribution is 2.22. The van der Waals surface area contributed by atoms with E-state index in [0.717, 1.165) is 27.4 Å². The lowest BCUT2D eigenvalue weighted by Gasteiger charge is -2.08. The van der Waals surface area contributed by atoms with E-state index in [4.69, 9.17) is 0 Å². The van der Waals surface area contributed by atoms with Crippen LogP contribution < -0.4 is 0 Å². The Hall–Kier alpha value is -3.00. The number of para-hydroxylation sites is 1. The molecule has 0 fully saturated rings. The van der Waals surface area contributed by atoms with E-state index in [9.17, 15) is 4.79 Å². The zero-order chi connectivity index (χ0) is 15.8. The predicted octanol–water partition coefficient (Wildman–Crippen LogP) is 4.93. The topological polar surface area (TPSA) is 30.0 Å². The Morgan fingerprint density at radius 2 is 1.48 bits per heavy atom. The van der Waals surface area contributed by atoms with E-state index in [1.165, 1.54) is 0 Å². The largest absolute Gasteiger partial charge is 0.289 e. The Morgan fingerprint density at radius 1 is 0.783 bits per heavy atom. The maximum absolute atomic E-state index is 12.9. The van der Waals surface area contributed by atoms with E-state index in [0.29, 0.717) is 11.1 Å². The van der Waals surface area contributed by atoms with Crippen molar-refractivity contribution in [3.8, 4) is 0 Å². The molecule has 0 saturated heterocycles. The fourth-order valence-corrected chi connectivity index (χ4v) is 2.93. The third-order valence-electron chi connectivity index (χ3n) is 4.17. The maximum Gasteiger partial charge on any atom is 0.194 e. The van der Waals surface area contributed by atoms with Gasteiger partial charge in [0.15, 0.2) is 5.78 Å². The Balaban J connectivity index is 1.85.